The van der Waals surface area contributed by atoms with Crippen LogP contribution >= 0.6 is 0 Å². The van der Waals surface area contributed by atoms with Gasteiger partial charge in [0.05, 0.1) is 5.25 Å². The summed E-state index contributed by atoms with van der Waals surface area (Å²) in [6.45, 7) is 4.48. The van der Waals surface area contributed by atoms with E-state index in [1.54, 1.807) is 0 Å². The van der Waals surface area contributed by atoms with Gasteiger partial charge >= 0.3 is 0 Å². The molecule has 0 aromatic carbocycles. The first kappa shape index (κ1) is 14.3. The van der Waals surface area contributed by atoms with Crippen molar-refractivity contribution in [1.29, 1.82) is 0 Å². The van der Waals surface area contributed by atoms with Crippen molar-refractivity contribution in [2.75, 3.05) is 19.6 Å². The fourth-order valence-electron chi connectivity index (χ4n) is 3.20. The summed E-state index contributed by atoms with van der Waals surface area (Å²) >= 11 is 0. The van der Waals surface area contributed by atoms with Crippen LogP contribution in [0.3, 0.4) is 0 Å². The Bertz CT molecular complexity index is 348. The van der Waals surface area contributed by atoms with E-state index in [2.05, 4.69) is 12.2 Å². The molecular weight excluding hydrogens is 248 g/mol. The molecule has 1 N–H and O–H groups in total. The summed E-state index contributed by atoms with van der Waals surface area (Å²) in [6, 6.07) is 0.260. The third kappa shape index (κ3) is 3.06. The van der Waals surface area contributed by atoms with Crippen LogP contribution in [0.25, 0.3) is 0 Å². The van der Waals surface area contributed by atoms with E-state index in [9.17, 15) is 8.42 Å². The Morgan fingerprint density at radius 3 is 2.72 bits per heavy atom. The summed E-state index contributed by atoms with van der Waals surface area (Å²) in [5.74, 6) is 0. The lowest BCUT2D eigenvalue weighted by Gasteiger charge is -2.38. The van der Waals surface area contributed by atoms with Crippen LogP contribution in [0.1, 0.15) is 51.9 Å². The lowest BCUT2D eigenvalue weighted by molar-refractivity contribution is 0.235. The van der Waals surface area contributed by atoms with Crippen molar-refractivity contribution in [3.63, 3.8) is 0 Å². The van der Waals surface area contributed by atoms with Crippen molar-refractivity contribution in [3.05, 3.63) is 0 Å². The summed E-state index contributed by atoms with van der Waals surface area (Å²) in [7, 11) is -3.09. The number of piperidine rings is 2. The molecule has 2 atom stereocenters. The van der Waals surface area contributed by atoms with E-state index in [1.807, 2.05) is 4.31 Å². The van der Waals surface area contributed by atoms with Crippen molar-refractivity contribution in [1.82, 2.24) is 9.62 Å². The predicted octanol–water partition coefficient (Wildman–Crippen LogP) is 1.72. The van der Waals surface area contributed by atoms with Crippen LogP contribution in [-0.2, 0) is 10.0 Å². The van der Waals surface area contributed by atoms with Gasteiger partial charge in [-0.3, -0.25) is 0 Å². The molecule has 0 amide bonds. The van der Waals surface area contributed by atoms with Gasteiger partial charge in [-0.2, -0.15) is 4.31 Å². The molecule has 2 rings (SSSR count). The second kappa shape index (κ2) is 6.35. The molecule has 18 heavy (non-hydrogen) atoms. The van der Waals surface area contributed by atoms with Gasteiger partial charge in [-0.1, -0.05) is 19.8 Å². The number of nitrogens with zero attached hydrogens (tertiary/aromatic N) is 1. The number of sulfonamides is 1. The zero-order valence-corrected chi connectivity index (χ0v) is 12.2. The Balaban J connectivity index is 2.10. The molecule has 2 heterocycles. The first-order valence-electron chi connectivity index (χ1n) is 7.37. The molecule has 4 nitrogen and oxygen atoms in total. The summed E-state index contributed by atoms with van der Waals surface area (Å²) in [6.07, 6.45) is 7.15. The van der Waals surface area contributed by atoms with Gasteiger partial charge < -0.3 is 5.32 Å². The second-order valence-electron chi connectivity index (χ2n) is 5.56. The monoisotopic (exact) mass is 274 g/mol. The molecule has 0 spiro atoms. The van der Waals surface area contributed by atoms with Crippen molar-refractivity contribution >= 4 is 10.0 Å². The number of nitrogens with one attached hydrogen (secondary N) is 1. The van der Waals surface area contributed by atoms with Gasteiger partial charge in [0.2, 0.25) is 10.0 Å². The maximum absolute atomic E-state index is 12.7. The van der Waals surface area contributed by atoms with E-state index in [1.165, 1.54) is 6.42 Å². The number of hydrogen-bond acceptors (Lipinski definition) is 3. The van der Waals surface area contributed by atoms with Crippen molar-refractivity contribution in [3.8, 4) is 0 Å². The highest BCUT2D eigenvalue weighted by Gasteiger charge is 2.37. The highest BCUT2D eigenvalue weighted by molar-refractivity contribution is 7.89. The number of rotatable bonds is 4. The third-order valence-corrected chi connectivity index (χ3v) is 6.57. The molecule has 2 unspecified atom stereocenters. The summed E-state index contributed by atoms with van der Waals surface area (Å²) in [5, 5.41) is 3.03. The Kier molecular flexibility index (Phi) is 5.04. The van der Waals surface area contributed by atoms with Crippen LogP contribution < -0.4 is 5.32 Å². The quantitative estimate of drug-likeness (QED) is 0.849. The highest BCUT2D eigenvalue weighted by Crippen LogP contribution is 2.27. The third-order valence-electron chi connectivity index (χ3n) is 4.19. The van der Waals surface area contributed by atoms with Crippen LogP contribution in [-0.4, -0.2) is 43.6 Å². The zero-order chi connectivity index (χ0) is 13.0. The van der Waals surface area contributed by atoms with Crippen LogP contribution in [0, 0.1) is 0 Å². The van der Waals surface area contributed by atoms with Crippen molar-refractivity contribution < 1.29 is 8.42 Å². The first-order chi connectivity index (χ1) is 8.66. The van der Waals surface area contributed by atoms with E-state index < -0.39 is 10.0 Å². The molecule has 0 bridgehead atoms. The Hall–Kier alpha value is -0.130. The molecule has 2 aliphatic heterocycles. The molecule has 0 radical (unpaired) electrons. The minimum atomic E-state index is -3.09. The molecule has 2 saturated heterocycles. The van der Waals surface area contributed by atoms with Gasteiger partial charge in [0, 0.05) is 19.1 Å². The second-order valence-corrected chi connectivity index (χ2v) is 7.73. The summed E-state index contributed by atoms with van der Waals surface area (Å²) in [5.41, 5.74) is 0. The van der Waals surface area contributed by atoms with Gasteiger partial charge in [0.15, 0.2) is 0 Å². The van der Waals surface area contributed by atoms with Crippen LogP contribution in [0.4, 0.5) is 0 Å². The molecule has 5 heteroatoms. The van der Waals surface area contributed by atoms with Gasteiger partial charge in [-0.25, -0.2) is 8.42 Å². The topological polar surface area (TPSA) is 49.4 Å². The minimum Gasteiger partial charge on any atom is -0.315 e. The molecule has 2 fully saturated rings. The summed E-state index contributed by atoms with van der Waals surface area (Å²) in [4.78, 5) is 0. The van der Waals surface area contributed by atoms with Gasteiger partial charge in [0.1, 0.15) is 0 Å². The Labute approximate surface area is 111 Å². The molecule has 2 aliphatic rings. The average molecular weight is 274 g/mol. The van der Waals surface area contributed by atoms with E-state index >= 15 is 0 Å². The van der Waals surface area contributed by atoms with Gasteiger partial charge in [-0.05, 0) is 38.6 Å². The fourth-order valence-corrected chi connectivity index (χ4v) is 5.38. The normalized spacial score (nSPS) is 31.4. The molecule has 0 saturated carbocycles. The molecule has 0 aromatic rings. The first-order valence-corrected chi connectivity index (χ1v) is 8.88. The SMILES string of the molecule is CCCC1CCCCN1S(=O)(=O)C1CCCNC1. The van der Waals surface area contributed by atoms with E-state index in [4.69, 9.17) is 0 Å². The smallest absolute Gasteiger partial charge is 0.218 e. The van der Waals surface area contributed by atoms with E-state index in [-0.39, 0.29) is 11.3 Å². The molecular formula is C13H26N2O2S. The lowest BCUT2D eigenvalue weighted by Crippen LogP contribution is -2.51. The predicted molar refractivity (Wildman–Crippen MR) is 74.1 cm³/mol. The van der Waals surface area contributed by atoms with E-state index in [0.29, 0.717) is 6.54 Å². The van der Waals surface area contributed by atoms with Crippen LogP contribution in [0.2, 0.25) is 0 Å². The van der Waals surface area contributed by atoms with E-state index in [0.717, 1.165) is 51.6 Å². The zero-order valence-electron chi connectivity index (χ0n) is 11.4. The van der Waals surface area contributed by atoms with Crippen LogP contribution in [0.15, 0.2) is 0 Å². The fraction of sp³-hybridized carbons (Fsp3) is 1.00. The minimum absolute atomic E-state index is 0.191. The molecule has 0 aliphatic carbocycles. The Morgan fingerprint density at radius 2 is 2.06 bits per heavy atom. The Morgan fingerprint density at radius 1 is 1.22 bits per heavy atom. The standard InChI is InChI=1S/C13H26N2O2S/c1-2-6-12-7-3-4-10-15(12)18(16,17)13-8-5-9-14-11-13/h12-14H,2-11H2,1H3. The van der Waals surface area contributed by atoms with Crippen LogP contribution in [0.5, 0.6) is 0 Å². The number of hydrogen-bond donors (Lipinski definition) is 1. The maximum Gasteiger partial charge on any atom is 0.218 e. The highest BCUT2D eigenvalue weighted by atomic mass is 32.2. The average Bonchev–Trinajstić information content (AvgIpc) is 2.41. The van der Waals surface area contributed by atoms with Crippen molar-refractivity contribution in [2.45, 2.75) is 63.2 Å². The maximum atomic E-state index is 12.7. The van der Waals surface area contributed by atoms with Crippen molar-refractivity contribution in [2.24, 2.45) is 0 Å². The van der Waals surface area contributed by atoms with Gasteiger partial charge in [0.25, 0.3) is 0 Å². The summed E-state index contributed by atoms with van der Waals surface area (Å²) < 4.78 is 27.3. The molecule has 0 aromatic heterocycles. The molecule has 106 valence electrons. The van der Waals surface area contributed by atoms with Gasteiger partial charge in [-0.15, -0.1) is 0 Å². The lowest BCUT2D eigenvalue weighted by atomic mass is 10.0. The largest absolute Gasteiger partial charge is 0.315 e.